The topological polar surface area (TPSA) is 91.5 Å². The Kier molecular flexibility index (Phi) is 15.2. The number of hydrogen-bond donors (Lipinski definition) is 1. The Bertz CT molecular complexity index is 1390. The lowest BCUT2D eigenvalue weighted by Gasteiger charge is -2.14. The minimum absolute atomic E-state index is 0.203. The second-order valence-corrected chi connectivity index (χ2v) is 13.3. The molecule has 2 aromatic carbocycles. The number of nitrogens with two attached hydrogens (primary N) is 1. The van der Waals surface area contributed by atoms with Gasteiger partial charge in [-0.05, 0) is 93.4 Å². The molecule has 1 aliphatic rings. The summed E-state index contributed by atoms with van der Waals surface area (Å²) in [6.07, 6.45) is 12.8. The molecule has 1 fully saturated rings. The van der Waals surface area contributed by atoms with Gasteiger partial charge in [0.15, 0.2) is 0 Å². The zero-order chi connectivity index (χ0) is 32.6. The Hall–Kier alpha value is -3.55. The Morgan fingerprint density at radius 2 is 1.69 bits per heavy atom. The van der Waals surface area contributed by atoms with Gasteiger partial charge in [-0.2, -0.15) is 0 Å². The van der Waals surface area contributed by atoms with E-state index in [2.05, 4.69) is 38.1 Å². The number of hydrogen-bond acceptors (Lipinski definition) is 7. The molecule has 0 unspecified atom stereocenters. The number of aldehydes is 1. The number of allylic oxidation sites excluding steroid dienone is 2. The number of esters is 1. The van der Waals surface area contributed by atoms with E-state index in [0.29, 0.717) is 37.0 Å². The highest BCUT2D eigenvalue weighted by Gasteiger charge is 2.17. The van der Waals surface area contributed by atoms with Gasteiger partial charge in [-0.1, -0.05) is 75.6 Å². The summed E-state index contributed by atoms with van der Waals surface area (Å²) in [6, 6.07) is 18.0. The van der Waals surface area contributed by atoms with Crippen molar-refractivity contribution in [2.24, 2.45) is 17.6 Å². The van der Waals surface area contributed by atoms with Gasteiger partial charge in [0.05, 0.1) is 18.3 Å². The van der Waals surface area contributed by atoms with E-state index in [0.717, 1.165) is 58.7 Å². The third kappa shape index (κ3) is 12.8. The highest BCUT2D eigenvalue weighted by Crippen LogP contribution is 2.29. The number of ether oxygens (including phenoxy) is 2. The maximum atomic E-state index is 12.0. The number of rotatable bonds is 13. The van der Waals surface area contributed by atoms with Crippen LogP contribution < -0.4 is 10.5 Å². The Morgan fingerprint density at radius 3 is 2.29 bits per heavy atom. The number of benzene rings is 2. The van der Waals surface area contributed by atoms with Crippen LogP contribution >= 0.6 is 11.3 Å². The molecule has 0 spiro atoms. The first kappa shape index (κ1) is 35.9. The number of thiazole rings is 1. The molecule has 1 saturated carbocycles. The van der Waals surface area contributed by atoms with E-state index in [4.69, 9.17) is 20.2 Å². The van der Waals surface area contributed by atoms with Crippen LogP contribution in [0.3, 0.4) is 0 Å². The molecule has 0 amide bonds. The van der Waals surface area contributed by atoms with Crippen molar-refractivity contribution in [2.45, 2.75) is 92.2 Å². The van der Waals surface area contributed by atoms with Crippen molar-refractivity contribution in [2.75, 3.05) is 6.61 Å². The summed E-state index contributed by atoms with van der Waals surface area (Å²) in [6.45, 7) is 10.9. The maximum absolute atomic E-state index is 12.0. The summed E-state index contributed by atoms with van der Waals surface area (Å²) in [5, 5.41) is 0.921. The first-order chi connectivity index (χ1) is 21.7. The van der Waals surface area contributed by atoms with E-state index in [-0.39, 0.29) is 12.0 Å². The number of carbonyl (C=O) groups is 2. The molecule has 1 aliphatic carbocycles. The molecular weight excluding hydrogens is 580 g/mol. The number of nitrogens with zero attached hydrogens (tertiary/aromatic N) is 1. The van der Waals surface area contributed by atoms with Gasteiger partial charge in [-0.25, -0.2) is 9.78 Å². The summed E-state index contributed by atoms with van der Waals surface area (Å²) < 4.78 is 11.0. The van der Waals surface area contributed by atoms with E-state index < -0.39 is 0 Å². The van der Waals surface area contributed by atoms with E-state index >= 15 is 0 Å². The quantitative estimate of drug-likeness (QED) is 0.0878. The largest absolute Gasteiger partial charge is 0.489 e. The number of carbonyl (C=O) groups excluding carboxylic acids is 2. The van der Waals surface area contributed by atoms with Crippen molar-refractivity contribution in [1.82, 2.24) is 4.98 Å². The first-order valence-electron chi connectivity index (χ1n) is 16.2. The van der Waals surface area contributed by atoms with Gasteiger partial charge in [-0.15, -0.1) is 11.3 Å². The van der Waals surface area contributed by atoms with Crippen LogP contribution in [0.2, 0.25) is 0 Å². The molecule has 7 heteroatoms. The van der Waals surface area contributed by atoms with Gasteiger partial charge < -0.3 is 20.0 Å². The smallest absolute Gasteiger partial charge is 0.333 e. The predicted octanol–water partition coefficient (Wildman–Crippen LogP) is 8.84. The third-order valence-electron chi connectivity index (χ3n) is 7.53. The SMILES string of the molecule is CCOC(=O)/C(C)=C\C(C)=C\c1nc([C@@H](N)Cc2ccc(OCc3ccccc3)cc2)sc1CC(C)C.O=CC1CCCCC1. The van der Waals surface area contributed by atoms with Crippen LogP contribution in [0.1, 0.15) is 99.5 Å². The van der Waals surface area contributed by atoms with E-state index in [9.17, 15) is 9.59 Å². The molecule has 0 bridgehead atoms. The van der Waals surface area contributed by atoms with Crippen molar-refractivity contribution < 1.29 is 19.1 Å². The van der Waals surface area contributed by atoms with E-state index in [1.807, 2.05) is 49.4 Å². The molecule has 6 nitrogen and oxygen atoms in total. The summed E-state index contributed by atoms with van der Waals surface area (Å²) in [5.41, 5.74) is 11.4. The summed E-state index contributed by atoms with van der Waals surface area (Å²) in [4.78, 5) is 28.3. The molecule has 0 aliphatic heterocycles. The standard InChI is InChI=1S/C31H38N2O3S.C7H12O/c1-6-35-31(34)23(5)17-22(4)18-28-29(16-21(2)3)37-30(33-28)27(32)19-24-12-14-26(15-13-24)36-20-25-10-8-7-9-11-25;8-6-7-4-2-1-3-5-7/h7-15,17-18,21,27H,6,16,19-20,32H2,1-5H3;6-7H,1-5H2/b22-18+,23-17-;/t27-;/m0./s1. The van der Waals surface area contributed by atoms with Crippen LogP contribution in [0.15, 0.2) is 71.8 Å². The minimum Gasteiger partial charge on any atom is -0.489 e. The lowest BCUT2D eigenvalue weighted by molar-refractivity contribution is -0.138. The Balaban J connectivity index is 0.000000598. The van der Waals surface area contributed by atoms with Crippen LogP contribution in [-0.2, 0) is 33.8 Å². The molecule has 45 heavy (non-hydrogen) atoms. The van der Waals surface area contributed by atoms with Crippen LogP contribution in [0.25, 0.3) is 6.08 Å². The van der Waals surface area contributed by atoms with Crippen LogP contribution in [0.5, 0.6) is 5.75 Å². The molecule has 1 atom stereocenters. The van der Waals surface area contributed by atoms with Gasteiger partial charge in [-0.3, -0.25) is 0 Å². The summed E-state index contributed by atoms with van der Waals surface area (Å²) >= 11 is 1.68. The normalized spacial score (nSPS) is 14.8. The van der Waals surface area contributed by atoms with Gasteiger partial charge in [0.2, 0.25) is 0 Å². The molecule has 2 N–H and O–H groups in total. The van der Waals surface area contributed by atoms with Gasteiger partial charge >= 0.3 is 5.97 Å². The average Bonchev–Trinajstić information content (AvgIpc) is 3.43. The Morgan fingerprint density at radius 1 is 1.00 bits per heavy atom. The lowest BCUT2D eigenvalue weighted by Crippen LogP contribution is -2.13. The predicted molar refractivity (Wildman–Crippen MR) is 185 cm³/mol. The van der Waals surface area contributed by atoms with Gasteiger partial charge in [0, 0.05) is 16.4 Å². The highest BCUT2D eigenvalue weighted by molar-refractivity contribution is 7.11. The van der Waals surface area contributed by atoms with Gasteiger partial charge in [0.25, 0.3) is 0 Å². The second kappa shape index (κ2) is 19.1. The molecule has 3 aromatic rings. The van der Waals surface area contributed by atoms with Crippen molar-refractivity contribution in [3.63, 3.8) is 0 Å². The fourth-order valence-corrected chi connectivity index (χ4v) is 6.40. The van der Waals surface area contributed by atoms with Crippen molar-refractivity contribution >= 4 is 29.7 Å². The minimum atomic E-state index is -0.296. The molecule has 1 heterocycles. The maximum Gasteiger partial charge on any atom is 0.333 e. The van der Waals surface area contributed by atoms with Crippen LogP contribution in [0.4, 0.5) is 0 Å². The fraction of sp³-hybridized carbons (Fsp3) is 0.447. The zero-order valence-electron chi connectivity index (χ0n) is 27.6. The monoisotopic (exact) mass is 630 g/mol. The van der Waals surface area contributed by atoms with Crippen LogP contribution in [-0.4, -0.2) is 23.8 Å². The summed E-state index contributed by atoms with van der Waals surface area (Å²) in [5.74, 6) is 1.44. The molecule has 0 saturated heterocycles. The number of aromatic nitrogens is 1. The highest BCUT2D eigenvalue weighted by atomic mass is 32.1. The van der Waals surface area contributed by atoms with Gasteiger partial charge in [0.1, 0.15) is 23.7 Å². The molecule has 242 valence electrons. The van der Waals surface area contributed by atoms with Crippen molar-refractivity contribution in [3.8, 4) is 5.75 Å². The molecule has 0 radical (unpaired) electrons. The molecule has 4 rings (SSSR count). The van der Waals surface area contributed by atoms with E-state index in [1.54, 1.807) is 25.2 Å². The average molecular weight is 631 g/mol. The van der Waals surface area contributed by atoms with Crippen molar-refractivity contribution in [3.05, 3.63) is 98.5 Å². The zero-order valence-corrected chi connectivity index (χ0v) is 28.4. The van der Waals surface area contributed by atoms with Crippen molar-refractivity contribution in [1.29, 1.82) is 0 Å². The first-order valence-corrected chi connectivity index (χ1v) is 17.0. The molecular formula is C38H50N2O4S. The second-order valence-electron chi connectivity index (χ2n) is 12.2. The molecule has 1 aromatic heterocycles. The summed E-state index contributed by atoms with van der Waals surface area (Å²) in [7, 11) is 0. The lowest BCUT2D eigenvalue weighted by atomic mass is 9.91. The fourth-order valence-electron chi connectivity index (χ4n) is 5.15. The third-order valence-corrected chi connectivity index (χ3v) is 8.76. The van der Waals surface area contributed by atoms with Crippen LogP contribution in [0, 0.1) is 11.8 Å². The Labute approximate surface area is 273 Å². The van der Waals surface area contributed by atoms with E-state index in [1.165, 1.54) is 24.1 Å².